The smallest absolute Gasteiger partial charge is 0.256 e. The van der Waals surface area contributed by atoms with Crippen molar-refractivity contribution in [3.8, 4) is 0 Å². The number of hydrogen-bond donors (Lipinski definition) is 1. The summed E-state index contributed by atoms with van der Waals surface area (Å²) in [5, 5.41) is 2.77. The standard InChI is InChI=1S/C18H16FIN2O2/c19-13-5-3-12(4-6-13)17(23)21-16-8-7-14(20)11-15(16)18(24)22-9-1-2-10-22/h3-8,11H,1-2,9-10H2,(H,21,23). The van der Waals surface area contributed by atoms with Crippen LogP contribution in [0.5, 0.6) is 0 Å². The SMILES string of the molecule is O=C(Nc1ccc(I)cc1C(=O)N1CCCC1)c1ccc(F)cc1. The highest BCUT2D eigenvalue weighted by Crippen LogP contribution is 2.23. The van der Waals surface area contributed by atoms with Gasteiger partial charge in [0.1, 0.15) is 5.82 Å². The minimum atomic E-state index is -0.397. The van der Waals surface area contributed by atoms with Crippen LogP contribution in [-0.2, 0) is 0 Å². The van der Waals surface area contributed by atoms with Crippen LogP contribution in [0.3, 0.4) is 0 Å². The number of amides is 2. The van der Waals surface area contributed by atoms with Gasteiger partial charge in [0.05, 0.1) is 11.3 Å². The van der Waals surface area contributed by atoms with E-state index in [9.17, 15) is 14.0 Å². The Morgan fingerprint density at radius 2 is 1.71 bits per heavy atom. The van der Waals surface area contributed by atoms with E-state index >= 15 is 0 Å². The van der Waals surface area contributed by atoms with Gasteiger partial charge < -0.3 is 10.2 Å². The molecule has 2 aromatic carbocycles. The predicted molar refractivity (Wildman–Crippen MR) is 98.6 cm³/mol. The largest absolute Gasteiger partial charge is 0.339 e. The number of nitrogens with one attached hydrogen (secondary N) is 1. The maximum absolute atomic E-state index is 13.0. The molecule has 6 heteroatoms. The van der Waals surface area contributed by atoms with Crippen LogP contribution in [-0.4, -0.2) is 29.8 Å². The first-order valence-electron chi connectivity index (χ1n) is 7.70. The second-order valence-corrected chi connectivity index (χ2v) is 6.90. The van der Waals surface area contributed by atoms with Crippen LogP contribution in [0, 0.1) is 9.39 Å². The molecule has 0 aromatic heterocycles. The fourth-order valence-electron chi connectivity index (χ4n) is 2.69. The zero-order valence-corrected chi connectivity index (χ0v) is 15.0. The number of anilines is 1. The van der Waals surface area contributed by atoms with Crippen molar-refractivity contribution in [3.63, 3.8) is 0 Å². The molecule has 2 amide bonds. The Morgan fingerprint density at radius 3 is 2.38 bits per heavy atom. The first kappa shape index (κ1) is 16.9. The van der Waals surface area contributed by atoms with Crippen LogP contribution in [0.2, 0.25) is 0 Å². The molecule has 2 aromatic rings. The van der Waals surface area contributed by atoms with Gasteiger partial charge in [-0.2, -0.15) is 0 Å². The zero-order chi connectivity index (χ0) is 17.1. The molecule has 1 saturated heterocycles. The molecule has 24 heavy (non-hydrogen) atoms. The lowest BCUT2D eigenvalue weighted by atomic mass is 10.1. The minimum absolute atomic E-state index is 0.0691. The van der Waals surface area contributed by atoms with Gasteiger partial charge in [0.15, 0.2) is 0 Å². The van der Waals surface area contributed by atoms with E-state index in [2.05, 4.69) is 27.9 Å². The average Bonchev–Trinajstić information content (AvgIpc) is 3.11. The van der Waals surface area contributed by atoms with Gasteiger partial charge in [0, 0.05) is 22.2 Å². The van der Waals surface area contributed by atoms with Crippen molar-refractivity contribution in [2.45, 2.75) is 12.8 Å². The van der Waals surface area contributed by atoms with E-state index in [0.29, 0.717) is 16.8 Å². The molecule has 1 aliphatic heterocycles. The Bertz CT molecular complexity index is 771. The van der Waals surface area contributed by atoms with Crippen molar-refractivity contribution in [2.75, 3.05) is 18.4 Å². The minimum Gasteiger partial charge on any atom is -0.339 e. The van der Waals surface area contributed by atoms with Crippen LogP contribution in [0.25, 0.3) is 0 Å². The summed E-state index contributed by atoms with van der Waals surface area (Å²) in [6, 6.07) is 10.6. The second kappa shape index (κ2) is 7.29. The Balaban J connectivity index is 1.86. The van der Waals surface area contributed by atoms with E-state index in [1.165, 1.54) is 24.3 Å². The topological polar surface area (TPSA) is 49.4 Å². The highest BCUT2D eigenvalue weighted by Gasteiger charge is 2.23. The van der Waals surface area contributed by atoms with Crippen molar-refractivity contribution < 1.29 is 14.0 Å². The molecule has 0 aliphatic carbocycles. The van der Waals surface area contributed by atoms with E-state index < -0.39 is 5.82 Å². The molecule has 0 bridgehead atoms. The fourth-order valence-corrected chi connectivity index (χ4v) is 3.18. The molecule has 0 atom stereocenters. The molecule has 4 nitrogen and oxygen atoms in total. The lowest BCUT2D eigenvalue weighted by molar-refractivity contribution is 0.0794. The van der Waals surface area contributed by atoms with E-state index in [1.54, 1.807) is 17.0 Å². The van der Waals surface area contributed by atoms with Crippen molar-refractivity contribution in [3.05, 3.63) is 63.0 Å². The van der Waals surface area contributed by atoms with Gasteiger partial charge in [-0.25, -0.2) is 4.39 Å². The van der Waals surface area contributed by atoms with Crippen LogP contribution in [0.1, 0.15) is 33.6 Å². The summed E-state index contributed by atoms with van der Waals surface area (Å²) in [5.41, 5.74) is 1.30. The fraction of sp³-hybridized carbons (Fsp3) is 0.222. The summed E-state index contributed by atoms with van der Waals surface area (Å²) in [6.45, 7) is 1.49. The van der Waals surface area contributed by atoms with E-state index in [0.717, 1.165) is 29.5 Å². The monoisotopic (exact) mass is 438 g/mol. The zero-order valence-electron chi connectivity index (χ0n) is 12.9. The van der Waals surface area contributed by atoms with Crippen LogP contribution in [0.15, 0.2) is 42.5 Å². The number of benzene rings is 2. The summed E-state index contributed by atoms with van der Waals surface area (Å²) in [5.74, 6) is -0.835. The van der Waals surface area contributed by atoms with Crippen LogP contribution >= 0.6 is 22.6 Å². The van der Waals surface area contributed by atoms with Crippen LogP contribution in [0.4, 0.5) is 10.1 Å². The Morgan fingerprint density at radius 1 is 1.04 bits per heavy atom. The maximum Gasteiger partial charge on any atom is 0.256 e. The quantitative estimate of drug-likeness (QED) is 0.739. The number of likely N-dealkylation sites (tertiary alicyclic amines) is 1. The van der Waals surface area contributed by atoms with Crippen LogP contribution < -0.4 is 5.32 Å². The van der Waals surface area contributed by atoms with E-state index in [4.69, 9.17) is 0 Å². The molecule has 0 radical (unpaired) electrons. The lowest BCUT2D eigenvalue weighted by Crippen LogP contribution is -2.29. The molecule has 1 fully saturated rings. The molecule has 0 spiro atoms. The number of hydrogen-bond acceptors (Lipinski definition) is 2. The lowest BCUT2D eigenvalue weighted by Gasteiger charge is -2.18. The third kappa shape index (κ3) is 3.75. The first-order valence-corrected chi connectivity index (χ1v) is 8.78. The van der Waals surface area contributed by atoms with Gasteiger partial charge in [-0.3, -0.25) is 9.59 Å². The summed E-state index contributed by atoms with van der Waals surface area (Å²) in [7, 11) is 0. The third-order valence-electron chi connectivity index (χ3n) is 3.96. The highest BCUT2D eigenvalue weighted by atomic mass is 127. The Kier molecular flexibility index (Phi) is 5.13. The van der Waals surface area contributed by atoms with Crippen molar-refractivity contribution in [2.24, 2.45) is 0 Å². The van der Waals surface area contributed by atoms with Gasteiger partial charge >= 0.3 is 0 Å². The molecular weight excluding hydrogens is 422 g/mol. The van der Waals surface area contributed by atoms with E-state index in [1.807, 2.05) is 6.07 Å². The molecule has 1 heterocycles. The van der Waals surface area contributed by atoms with Gasteiger partial charge in [-0.15, -0.1) is 0 Å². The van der Waals surface area contributed by atoms with Gasteiger partial charge in [-0.05, 0) is 77.9 Å². The molecule has 124 valence electrons. The molecule has 0 unspecified atom stereocenters. The first-order chi connectivity index (χ1) is 11.5. The number of nitrogens with zero attached hydrogens (tertiary/aromatic N) is 1. The van der Waals surface area contributed by atoms with Crippen molar-refractivity contribution >= 4 is 40.1 Å². The summed E-state index contributed by atoms with van der Waals surface area (Å²) >= 11 is 2.14. The van der Waals surface area contributed by atoms with Crippen molar-refractivity contribution in [1.29, 1.82) is 0 Å². The van der Waals surface area contributed by atoms with Gasteiger partial charge in [-0.1, -0.05) is 0 Å². The second-order valence-electron chi connectivity index (χ2n) is 5.65. The molecule has 0 saturated carbocycles. The predicted octanol–water partition coefficient (Wildman–Crippen LogP) is 3.92. The highest BCUT2D eigenvalue weighted by molar-refractivity contribution is 14.1. The molecule has 1 N–H and O–H groups in total. The normalized spacial score (nSPS) is 13.8. The molecular formula is C18H16FIN2O2. The average molecular weight is 438 g/mol. The van der Waals surface area contributed by atoms with Gasteiger partial charge in [0.25, 0.3) is 11.8 Å². The number of carbonyl (C=O) groups is 2. The number of carbonyl (C=O) groups excluding carboxylic acids is 2. The number of halogens is 2. The summed E-state index contributed by atoms with van der Waals surface area (Å²) in [4.78, 5) is 26.9. The summed E-state index contributed by atoms with van der Waals surface area (Å²) in [6.07, 6.45) is 2.01. The number of rotatable bonds is 3. The van der Waals surface area contributed by atoms with Crippen molar-refractivity contribution in [1.82, 2.24) is 4.90 Å². The Hall–Kier alpha value is -1.96. The van der Waals surface area contributed by atoms with E-state index in [-0.39, 0.29) is 11.8 Å². The molecule has 1 aliphatic rings. The summed E-state index contributed by atoms with van der Waals surface area (Å²) < 4.78 is 13.9. The Labute approximate surface area is 153 Å². The maximum atomic E-state index is 13.0. The molecule has 3 rings (SSSR count). The van der Waals surface area contributed by atoms with Gasteiger partial charge in [0.2, 0.25) is 0 Å². The third-order valence-corrected chi connectivity index (χ3v) is 4.63.